The number of nitrogens with one attached hydrogen (secondary N) is 1. The van der Waals surface area contributed by atoms with Crippen molar-refractivity contribution in [1.82, 2.24) is 0 Å². The molecule has 0 radical (unpaired) electrons. The van der Waals surface area contributed by atoms with E-state index in [4.69, 9.17) is 4.74 Å². The first-order valence-electron chi connectivity index (χ1n) is 5.84. The van der Waals surface area contributed by atoms with Gasteiger partial charge in [-0.25, -0.2) is 22.0 Å². The summed E-state index contributed by atoms with van der Waals surface area (Å²) in [6, 6.07) is 6.40. The molecule has 2 nitrogen and oxygen atoms in total. The number of hydrogen-bond acceptors (Lipinski definition) is 2. The van der Waals surface area contributed by atoms with Gasteiger partial charge in [-0.2, -0.15) is 0 Å². The van der Waals surface area contributed by atoms with E-state index in [9.17, 15) is 22.0 Å². The summed E-state index contributed by atoms with van der Waals surface area (Å²) in [7, 11) is 1.47. The minimum absolute atomic E-state index is 0.109. The van der Waals surface area contributed by atoms with Crippen molar-refractivity contribution < 1.29 is 26.7 Å². The van der Waals surface area contributed by atoms with Crippen molar-refractivity contribution in [2.75, 3.05) is 12.4 Å². The first kappa shape index (κ1) is 15.1. The quantitative estimate of drug-likeness (QED) is 0.523. The lowest BCUT2D eigenvalue weighted by molar-refractivity contribution is 0.381. The van der Waals surface area contributed by atoms with Crippen LogP contribution in [-0.4, -0.2) is 7.11 Å². The van der Waals surface area contributed by atoms with E-state index in [2.05, 4.69) is 5.32 Å². The fourth-order valence-corrected chi connectivity index (χ4v) is 1.69. The Morgan fingerprint density at radius 3 is 1.76 bits per heavy atom. The van der Waals surface area contributed by atoms with Gasteiger partial charge >= 0.3 is 0 Å². The summed E-state index contributed by atoms with van der Waals surface area (Å²) in [5.74, 6) is -9.34. The molecule has 0 atom stereocenters. The molecule has 0 saturated carbocycles. The third-order valence-electron chi connectivity index (χ3n) is 2.84. The van der Waals surface area contributed by atoms with Crippen LogP contribution in [0.15, 0.2) is 24.3 Å². The van der Waals surface area contributed by atoms with E-state index in [1.54, 1.807) is 24.3 Å². The molecular formula is C14H10F5NO. The number of anilines is 1. The summed E-state index contributed by atoms with van der Waals surface area (Å²) < 4.78 is 70.7. The Morgan fingerprint density at radius 1 is 0.810 bits per heavy atom. The SMILES string of the molecule is COc1ccc(CNc2c(F)c(F)c(F)c(F)c2F)cc1. The van der Waals surface area contributed by atoms with E-state index in [0.29, 0.717) is 11.3 Å². The van der Waals surface area contributed by atoms with Gasteiger partial charge in [0.05, 0.1) is 7.11 Å². The summed E-state index contributed by atoms with van der Waals surface area (Å²) in [5.41, 5.74) is -0.470. The van der Waals surface area contributed by atoms with Crippen LogP contribution in [0.25, 0.3) is 0 Å². The Balaban J connectivity index is 2.23. The van der Waals surface area contributed by atoms with E-state index in [1.807, 2.05) is 0 Å². The molecule has 0 aliphatic rings. The second kappa shape index (κ2) is 5.99. The summed E-state index contributed by atoms with van der Waals surface area (Å²) in [6.07, 6.45) is 0. The third-order valence-corrected chi connectivity index (χ3v) is 2.84. The first-order chi connectivity index (χ1) is 9.95. The number of rotatable bonds is 4. The largest absolute Gasteiger partial charge is 0.497 e. The second-order valence-corrected chi connectivity index (χ2v) is 4.15. The molecule has 0 unspecified atom stereocenters. The van der Waals surface area contributed by atoms with Gasteiger partial charge in [0, 0.05) is 6.54 Å². The predicted octanol–water partition coefficient (Wildman–Crippen LogP) is 4.00. The van der Waals surface area contributed by atoms with Gasteiger partial charge < -0.3 is 10.1 Å². The lowest BCUT2D eigenvalue weighted by Gasteiger charge is -2.11. The van der Waals surface area contributed by atoms with Gasteiger partial charge in [-0.3, -0.25) is 0 Å². The molecule has 0 aromatic heterocycles. The van der Waals surface area contributed by atoms with E-state index >= 15 is 0 Å². The van der Waals surface area contributed by atoms with Crippen LogP contribution in [0.5, 0.6) is 5.75 Å². The molecule has 0 amide bonds. The number of benzene rings is 2. The van der Waals surface area contributed by atoms with Crippen molar-refractivity contribution >= 4 is 5.69 Å². The molecule has 21 heavy (non-hydrogen) atoms. The van der Waals surface area contributed by atoms with Crippen molar-refractivity contribution in [3.05, 3.63) is 58.9 Å². The molecule has 0 heterocycles. The van der Waals surface area contributed by atoms with Crippen molar-refractivity contribution in [2.45, 2.75) is 6.54 Å². The standard InChI is InChI=1S/C14H10F5NO/c1-21-8-4-2-7(3-5-8)6-20-14-12(18)10(16)9(15)11(17)13(14)19/h2-5,20H,6H2,1H3. The zero-order valence-electron chi connectivity index (χ0n) is 10.8. The van der Waals surface area contributed by atoms with E-state index in [0.717, 1.165) is 0 Å². The smallest absolute Gasteiger partial charge is 0.200 e. The van der Waals surface area contributed by atoms with E-state index in [1.165, 1.54) is 7.11 Å². The van der Waals surface area contributed by atoms with E-state index < -0.39 is 34.8 Å². The molecule has 0 saturated heterocycles. The highest BCUT2D eigenvalue weighted by molar-refractivity contribution is 5.48. The molecule has 0 aliphatic carbocycles. The summed E-state index contributed by atoms with van der Waals surface area (Å²) in [6.45, 7) is -0.109. The molecule has 2 aromatic carbocycles. The highest BCUT2D eigenvalue weighted by Gasteiger charge is 2.25. The van der Waals surface area contributed by atoms with Crippen molar-refractivity contribution in [1.29, 1.82) is 0 Å². The zero-order valence-corrected chi connectivity index (χ0v) is 10.8. The Morgan fingerprint density at radius 2 is 1.29 bits per heavy atom. The highest BCUT2D eigenvalue weighted by Crippen LogP contribution is 2.27. The zero-order chi connectivity index (χ0) is 15.6. The van der Waals surface area contributed by atoms with Gasteiger partial charge in [0.1, 0.15) is 11.4 Å². The number of hydrogen-bond donors (Lipinski definition) is 1. The molecular weight excluding hydrogens is 293 g/mol. The Hall–Kier alpha value is -2.31. The molecule has 0 bridgehead atoms. The van der Waals surface area contributed by atoms with Crippen molar-refractivity contribution in [3.8, 4) is 5.75 Å². The fourth-order valence-electron chi connectivity index (χ4n) is 1.69. The van der Waals surface area contributed by atoms with Gasteiger partial charge in [0.2, 0.25) is 5.82 Å². The van der Waals surface area contributed by atoms with Gasteiger partial charge in [-0.15, -0.1) is 0 Å². The minimum Gasteiger partial charge on any atom is -0.497 e. The molecule has 2 rings (SSSR count). The van der Waals surface area contributed by atoms with Crippen LogP contribution in [0, 0.1) is 29.1 Å². The maximum atomic E-state index is 13.4. The van der Waals surface area contributed by atoms with Crippen LogP contribution in [-0.2, 0) is 6.54 Å². The topological polar surface area (TPSA) is 21.3 Å². The predicted molar refractivity (Wildman–Crippen MR) is 66.6 cm³/mol. The van der Waals surface area contributed by atoms with E-state index in [-0.39, 0.29) is 6.54 Å². The molecule has 0 spiro atoms. The normalized spacial score (nSPS) is 10.6. The van der Waals surface area contributed by atoms with Crippen LogP contribution in [0.3, 0.4) is 0 Å². The van der Waals surface area contributed by atoms with Crippen LogP contribution < -0.4 is 10.1 Å². The first-order valence-corrected chi connectivity index (χ1v) is 5.84. The Kier molecular flexibility index (Phi) is 4.30. The molecule has 112 valence electrons. The average molecular weight is 303 g/mol. The lowest BCUT2D eigenvalue weighted by Crippen LogP contribution is -2.09. The van der Waals surface area contributed by atoms with Crippen LogP contribution in [0.4, 0.5) is 27.6 Å². The molecule has 0 aliphatic heterocycles. The lowest BCUT2D eigenvalue weighted by atomic mass is 10.2. The Bertz CT molecular complexity index is 628. The second-order valence-electron chi connectivity index (χ2n) is 4.15. The molecule has 0 fully saturated rings. The maximum Gasteiger partial charge on any atom is 0.200 e. The van der Waals surface area contributed by atoms with Crippen LogP contribution >= 0.6 is 0 Å². The van der Waals surface area contributed by atoms with Crippen molar-refractivity contribution in [3.63, 3.8) is 0 Å². The monoisotopic (exact) mass is 303 g/mol. The van der Waals surface area contributed by atoms with Crippen LogP contribution in [0.2, 0.25) is 0 Å². The molecule has 1 N–H and O–H groups in total. The third kappa shape index (κ3) is 2.91. The maximum absolute atomic E-state index is 13.4. The van der Waals surface area contributed by atoms with Crippen molar-refractivity contribution in [2.24, 2.45) is 0 Å². The minimum atomic E-state index is -2.18. The number of halogens is 5. The summed E-state index contributed by atoms with van der Waals surface area (Å²) >= 11 is 0. The van der Waals surface area contributed by atoms with Gasteiger partial charge in [-0.1, -0.05) is 12.1 Å². The van der Waals surface area contributed by atoms with Gasteiger partial charge in [0.15, 0.2) is 23.3 Å². The molecule has 7 heteroatoms. The number of ether oxygens (including phenoxy) is 1. The Labute approximate surface area is 117 Å². The molecule has 2 aromatic rings. The summed E-state index contributed by atoms with van der Waals surface area (Å²) in [4.78, 5) is 0. The number of methoxy groups -OCH3 is 1. The average Bonchev–Trinajstić information content (AvgIpc) is 2.51. The highest BCUT2D eigenvalue weighted by atomic mass is 19.2. The van der Waals surface area contributed by atoms with Gasteiger partial charge in [-0.05, 0) is 17.7 Å². The van der Waals surface area contributed by atoms with Gasteiger partial charge in [0.25, 0.3) is 0 Å². The summed E-state index contributed by atoms with van der Waals surface area (Å²) in [5, 5.41) is 2.21. The fraction of sp³-hybridized carbons (Fsp3) is 0.143. The van der Waals surface area contributed by atoms with Crippen LogP contribution in [0.1, 0.15) is 5.56 Å².